The van der Waals surface area contributed by atoms with Crippen molar-refractivity contribution in [3.05, 3.63) is 28.5 Å². The molecule has 0 aliphatic carbocycles. The van der Waals surface area contributed by atoms with Crippen molar-refractivity contribution in [2.75, 3.05) is 13.1 Å². The summed E-state index contributed by atoms with van der Waals surface area (Å²) < 4.78 is 0.808. The SMILES string of the molecule is CCCNC(=O)CNCc1cccc(Br)n1. The summed E-state index contributed by atoms with van der Waals surface area (Å²) >= 11 is 3.30. The molecule has 0 fully saturated rings. The smallest absolute Gasteiger partial charge is 0.233 e. The van der Waals surface area contributed by atoms with E-state index in [9.17, 15) is 4.79 Å². The van der Waals surface area contributed by atoms with Crippen molar-refractivity contribution in [1.29, 1.82) is 0 Å². The second kappa shape index (κ2) is 7.35. The molecule has 0 saturated heterocycles. The number of pyridine rings is 1. The van der Waals surface area contributed by atoms with Gasteiger partial charge in [0.2, 0.25) is 5.91 Å². The molecule has 16 heavy (non-hydrogen) atoms. The van der Waals surface area contributed by atoms with Crippen LogP contribution in [-0.4, -0.2) is 24.0 Å². The summed E-state index contributed by atoms with van der Waals surface area (Å²) in [6.45, 7) is 3.68. The van der Waals surface area contributed by atoms with Gasteiger partial charge in [0.25, 0.3) is 0 Å². The molecule has 5 heteroatoms. The second-order valence-electron chi connectivity index (χ2n) is 3.41. The van der Waals surface area contributed by atoms with Gasteiger partial charge in [-0.05, 0) is 34.5 Å². The molecule has 1 rings (SSSR count). The fourth-order valence-corrected chi connectivity index (χ4v) is 1.56. The van der Waals surface area contributed by atoms with Crippen LogP contribution in [0.15, 0.2) is 22.8 Å². The number of hydrogen-bond donors (Lipinski definition) is 2. The van der Waals surface area contributed by atoms with Gasteiger partial charge in [0.05, 0.1) is 12.2 Å². The number of nitrogens with zero attached hydrogens (tertiary/aromatic N) is 1. The van der Waals surface area contributed by atoms with Crippen LogP contribution in [0.4, 0.5) is 0 Å². The highest BCUT2D eigenvalue weighted by molar-refractivity contribution is 9.10. The Bertz CT molecular complexity index is 344. The Balaban J connectivity index is 2.22. The van der Waals surface area contributed by atoms with E-state index in [1.165, 1.54) is 0 Å². The molecule has 2 N–H and O–H groups in total. The van der Waals surface area contributed by atoms with Crippen LogP contribution in [-0.2, 0) is 11.3 Å². The van der Waals surface area contributed by atoms with E-state index in [2.05, 4.69) is 31.5 Å². The van der Waals surface area contributed by atoms with E-state index in [1.807, 2.05) is 25.1 Å². The number of amides is 1. The Hall–Kier alpha value is -0.940. The molecular weight excluding hydrogens is 270 g/mol. The minimum Gasteiger partial charge on any atom is -0.355 e. The molecule has 0 aliphatic heterocycles. The molecule has 0 unspecified atom stereocenters. The Morgan fingerprint density at radius 2 is 2.31 bits per heavy atom. The summed E-state index contributed by atoms with van der Waals surface area (Å²) in [6.07, 6.45) is 0.957. The van der Waals surface area contributed by atoms with E-state index in [0.717, 1.165) is 23.3 Å². The Morgan fingerprint density at radius 1 is 1.50 bits per heavy atom. The van der Waals surface area contributed by atoms with Crippen molar-refractivity contribution < 1.29 is 4.79 Å². The van der Waals surface area contributed by atoms with Gasteiger partial charge < -0.3 is 10.6 Å². The largest absolute Gasteiger partial charge is 0.355 e. The zero-order chi connectivity index (χ0) is 11.8. The lowest BCUT2D eigenvalue weighted by atomic mass is 10.3. The third-order valence-electron chi connectivity index (χ3n) is 1.94. The van der Waals surface area contributed by atoms with Gasteiger partial charge in [0.15, 0.2) is 0 Å². The van der Waals surface area contributed by atoms with Crippen molar-refractivity contribution in [2.24, 2.45) is 0 Å². The summed E-state index contributed by atoms with van der Waals surface area (Å²) in [5.74, 6) is 0.0249. The highest BCUT2D eigenvalue weighted by atomic mass is 79.9. The fourth-order valence-electron chi connectivity index (χ4n) is 1.18. The maximum Gasteiger partial charge on any atom is 0.233 e. The maximum atomic E-state index is 11.3. The number of nitrogens with one attached hydrogen (secondary N) is 2. The van der Waals surface area contributed by atoms with E-state index in [0.29, 0.717) is 13.1 Å². The molecule has 88 valence electrons. The van der Waals surface area contributed by atoms with Crippen LogP contribution in [0.5, 0.6) is 0 Å². The van der Waals surface area contributed by atoms with Crippen molar-refractivity contribution in [3.63, 3.8) is 0 Å². The normalized spacial score (nSPS) is 10.1. The zero-order valence-electron chi connectivity index (χ0n) is 9.29. The van der Waals surface area contributed by atoms with Gasteiger partial charge in [0, 0.05) is 13.1 Å². The van der Waals surface area contributed by atoms with Gasteiger partial charge in [-0.3, -0.25) is 4.79 Å². The van der Waals surface area contributed by atoms with Crippen LogP contribution in [0.3, 0.4) is 0 Å². The quantitative estimate of drug-likeness (QED) is 0.778. The van der Waals surface area contributed by atoms with Crippen LogP contribution in [0.1, 0.15) is 19.0 Å². The van der Waals surface area contributed by atoms with Crippen LogP contribution in [0, 0.1) is 0 Å². The van der Waals surface area contributed by atoms with E-state index < -0.39 is 0 Å². The Morgan fingerprint density at radius 3 is 3.00 bits per heavy atom. The minimum atomic E-state index is 0.0249. The van der Waals surface area contributed by atoms with E-state index in [-0.39, 0.29) is 5.91 Å². The topological polar surface area (TPSA) is 54.0 Å². The highest BCUT2D eigenvalue weighted by Crippen LogP contribution is 2.05. The number of carbonyl (C=O) groups excluding carboxylic acids is 1. The van der Waals surface area contributed by atoms with E-state index in [1.54, 1.807) is 0 Å². The first-order valence-electron chi connectivity index (χ1n) is 5.31. The first kappa shape index (κ1) is 13.1. The van der Waals surface area contributed by atoms with Gasteiger partial charge in [-0.15, -0.1) is 0 Å². The molecule has 0 aliphatic rings. The van der Waals surface area contributed by atoms with Gasteiger partial charge in [-0.1, -0.05) is 13.0 Å². The molecule has 1 amide bonds. The molecule has 0 bridgehead atoms. The predicted molar refractivity (Wildman–Crippen MR) is 66.9 cm³/mol. The first-order chi connectivity index (χ1) is 7.72. The van der Waals surface area contributed by atoms with Crippen LogP contribution >= 0.6 is 15.9 Å². The van der Waals surface area contributed by atoms with Gasteiger partial charge in [-0.25, -0.2) is 4.98 Å². The monoisotopic (exact) mass is 285 g/mol. The van der Waals surface area contributed by atoms with Crippen LogP contribution < -0.4 is 10.6 Å². The Labute approximate surface area is 104 Å². The van der Waals surface area contributed by atoms with Gasteiger partial charge in [0.1, 0.15) is 4.60 Å². The molecule has 0 atom stereocenters. The number of hydrogen-bond acceptors (Lipinski definition) is 3. The van der Waals surface area contributed by atoms with Gasteiger partial charge in [-0.2, -0.15) is 0 Å². The van der Waals surface area contributed by atoms with Crippen molar-refractivity contribution >= 4 is 21.8 Å². The molecule has 4 nitrogen and oxygen atoms in total. The number of aromatic nitrogens is 1. The molecule has 1 aromatic rings. The Kier molecular flexibility index (Phi) is 6.03. The lowest BCUT2D eigenvalue weighted by Crippen LogP contribution is -2.34. The number of halogens is 1. The van der Waals surface area contributed by atoms with Crippen LogP contribution in [0.25, 0.3) is 0 Å². The summed E-state index contributed by atoms with van der Waals surface area (Å²) in [7, 11) is 0. The first-order valence-corrected chi connectivity index (χ1v) is 6.10. The molecule has 1 aromatic heterocycles. The molecule has 1 heterocycles. The zero-order valence-corrected chi connectivity index (χ0v) is 10.9. The van der Waals surface area contributed by atoms with Gasteiger partial charge >= 0.3 is 0 Å². The standard InChI is InChI=1S/C11H16BrN3O/c1-2-6-14-11(16)8-13-7-9-4-3-5-10(12)15-9/h3-5,13H,2,6-8H2,1H3,(H,14,16). The van der Waals surface area contributed by atoms with Crippen molar-refractivity contribution in [2.45, 2.75) is 19.9 Å². The maximum absolute atomic E-state index is 11.3. The lowest BCUT2D eigenvalue weighted by molar-refractivity contribution is -0.120. The molecule has 0 spiro atoms. The third-order valence-corrected chi connectivity index (χ3v) is 2.38. The summed E-state index contributed by atoms with van der Waals surface area (Å²) in [5, 5.41) is 5.84. The summed E-state index contributed by atoms with van der Waals surface area (Å²) in [6, 6.07) is 5.71. The number of rotatable bonds is 6. The molecule has 0 radical (unpaired) electrons. The predicted octanol–water partition coefficient (Wildman–Crippen LogP) is 1.46. The average molecular weight is 286 g/mol. The van der Waals surface area contributed by atoms with E-state index in [4.69, 9.17) is 0 Å². The van der Waals surface area contributed by atoms with Crippen molar-refractivity contribution in [3.8, 4) is 0 Å². The molecular formula is C11H16BrN3O. The summed E-state index contributed by atoms with van der Waals surface area (Å²) in [5.41, 5.74) is 0.915. The lowest BCUT2D eigenvalue weighted by Gasteiger charge is -2.05. The van der Waals surface area contributed by atoms with E-state index >= 15 is 0 Å². The molecule has 0 aromatic carbocycles. The average Bonchev–Trinajstić information content (AvgIpc) is 2.26. The number of carbonyl (C=O) groups is 1. The van der Waals surface area contributed by atoms with Crippen molar-refractivity contribution in [1.82, 2.24) is 15.6 Å². The second-order valence-corrected chi connectivity index (χ2v) is 4.22. The highest BCUT2D eigenvalue weighted by Gasteiger charge is 2.00. The summed E-state index contributed by atoms with van der Waals surface area (Å²) in [4.78, 5) is 15.5. The molecule has 0 saturated carbocycles. The fraction of sp³-hybridized carbons (Fsp3) is 0.455. The van der Waals surface area contributed by atoms with Crippen LogP contribution in [0.2, 0.25) is 0 Å². The minimum absolute atomic E-state index is 0.0249. The third kappa shape index (κ3) is 5.23.